The minimum atomic E-state index is -0.200. The standard InChI is InChI=1S/C14H20N2O2/c1-10(9-17)16-14(18)15-8-12-7-13(12)11-5-3-2-4-6-11/h2-6,10,12-13,17H,7-9H2,1H3,(H2,15,16,18). The molecule has 2 rings (SSSR count). The SMILES string of the molecule is CC(CO)NC(=O)NCC1CC1c1ccccc1. The zero-order chi connectivity index (χ0) is 13.0. The predicted octanol–water partition coefficient (Wildman–Crippen LogP) is 1.47. The Labute approximate surface area is 107 Å². The molecule has 3 atom stereocenters. The van der Waals surface area contributed by atoms with Crippen molar-refractivity contribution in [2.24, 2.45) is 5.92 Å². The van der Waals surface area contributed by atoms with E-state index in [0.717, 1.165) is 6.42 Å². The number of carbonyl (C=O) groups excluding carboxylic acids is 1. The highest BCUT2D eigenvalue weighted by Crippen LogP contribution is 2.46. The zero-order valence-electron chi connectivity index (χ0n) is 10.6. The molecule has 0 aromatic heterocycles. The lowest BCUT2D eigenvalue weighted by Gasteiger charge is -2.11. The van der Waals surface area contributed by atoms with E-state index in [9.17, 15) is 4.79 Å². The Kier molecular flexibility index (Phi) is 4.20. The number of carbonyl (C=O) groups is 1. The van der Waals surface area contributed by atoms with E-state index < -0.39 is 0 Å². The fourth-order valence-corrected chi connectivity index (χ4v) is 2.13. The van der Waals surface area contributed by atoms with Gasteiger partial charge in [0, 0.05) is 6.54 Å². The molecule has 4 heteroatoms. The Hall–Kier alpha value is -1.55. The van der Waals surface area contributed by atoms with Crippen molar-refractivity contribution in [3.63, 3.8) is 0 Å². The summed E-state index contributed by atoms with van der Waals surface area (Å²) in [6.45, 7) is 2.43. The van der Waals surface area contributed by atoms with Crippen LogP contribution in [0.15, 0.2) is 30.3 Å². The monoisotopic (exact) mass is 248 g/mol. The lowest BCUT2D eigenvalue weighted by Crippen LogP contribution is -2.43. The summed E-state index contributed by atoms with van der Waals surface area (Å²) in [7, 11) is 0. The smallest absolute Gasteiger partial charge is 0.315 e. The Balaban J connectivity index is 1.69. The van der Waals surface area contributed by atoms with E-state index in [1.165, 1.54) is 5.56 Å². The Bertz CT molecular complexity index is 394. The molecule has 0 radical (unpaired) electrons. The predicted molar refractivity (Wildman–Crippen MR) is 70.4 cm³/mol. The van der Waals surface area contributed by atoms with Gasteiger partial charge in [-0.25, -0.2) is 4.79 Å². The molecular weight excluding hydrogens is 228 g/mol. The molecule has 1 aliphatic carbocycles. The summed E-state index contributed by atoms with van der Waals surface area (Å²) in [6, 6.07) is 9.99. The second-order valence-electron chi connectivity index (χ2n) is 4.95. The normalized spacial score (nSPS) is 23.2. The number of nitrogens with one attached hydrogen (secondary N) is 2. The van der Waals surface area contributed by atoms with Gasteiger partial charge in [-0.2, -0.15) is 0 Å². The number of rotatable bonds is 5. The van der Waals surface area contributed by atoms with Gasteiger partial charge >= 0.3 is 6.03 Å². The highest BCUT2D eigenvalue weighted by Gasteiger charge is 2.37. The van der Waals surface area contributed by atoms with Crippen molar-refractivity contribution in [1.82, 2.24) is 10.6 Å². The van der Waals surface area contributed by atoms with Crippen LogP contribution in [-0.4, -0.2) is 30.3 Å². The van der Waals surface area contributed by atoms with Crippen molar-refractivity contribution in [3.05, 3.63) is 35.9 Å². The summed E-state index contributed by atoms with van der Waals surface area (Å²) in [5.74, 6) is 1.13. The van der Waals surface area contributed by atoms with Gasteiger partial charge in [0.2, 0.25) is 0 Å². The van der Waals surface area contributed by atoms with E-state index in [4.69, 9.17) is 5.11 Å². The molecule has 0 heterocycles. The second-order valence-corrected chi connectivity index (χ2v) is 4.95. The van der Waals surface area contributed by atoms with Gasteiger partial charge in [0.15, 0.2) is 0 Å². The van der Waals surface area contributed by atoms with Gasteiger partial charge in [-0.05, 0) is 30.7 Å². The van der Waals surface area contributed by atoms with Crippen LogP contribution in [0.25, 0.3) is 0 Å². The average molecular weight is 248 g/mol. The van der Waals surface area contributed by atoms with Gasteiger partial charge in [-0.15, -0.1) is 0 Å². The summed E-state index contributed by atoms with van der Waals surface area (Å²) in [4.78, 5) is 11.5. The molecular formula is C14H20N2O2. The van der Waals surface area contributed by atoms with Crippen LogP contribution in [0.1, 0.15) is 24.8 Å². The van der Waals surface area contributed by atoms with Crippen LogP contribution in [0.4, 0.5) is 4.79 Å². The third kappa shape index (κ3) is 3.47. The summed E-state index contributed by atoms with van der Waals surface area (Å²) in [6.07, 6.45) is 1.14. The average Bonchev–Trinajstić information content (AvgIpc) is 3.17. The van der Waals surface area contributed by atoms with E-state index >= 15 is 0 Å². The molecule has 1 aliphatic rings. The van der Waals surface area contributed by atoms with Gasteiger partial charge in [0.1, 0.15) is 0 Å². The lowest BCUT2D eigenvalue weighted by atomic mass is 10.1. The van der Waals surface area contributed by atoms with Crippen molar-refractivity contribution in [2.75, 3.05) is 13.2 Å². The first-order valence-corrected chi connectivity index (χ1v) is 6.41. The first-order valence-electron chi connectivity index (χ1n) is 6.41. The van der Waals surface area contributed by atoms with Gasteiger partial charge in [0.05, 0.1) is 12.6 Å². The van der Waals surface area contributed by atoms with Crippen LogP contribution in [-0.2, 0) is 0 Å². The lowest BCUT2D eigenvalue weighted by molar-refractivity contribution is 0.220. The quantitative estimate of drug-likeness (QED) is 0.739. The Morgan fingerprint density at radius 1 is 1.44 bits per heavy atom. The molecule has 2 amide bonds. The van der Waals surface area contributed by atoms with Crippen LogP contribution in [0.5, 0.6) is 0 Å². The first kappa shape index (κ1) is 12.9. The molecule has 1 aromatic carbocycles. The molecule has 0 aliphatic heterocycles. The number of aliphatic hydroxyl groups is 1. The molecule has 0 bridgehead atoms. The van der Waals surface area contributed by atoms with Crippen molar-refractivity contribution in [2.45, 2.75) is 25.3 Å². The van der Waals surface area contributed by atoms with Crippen LogP contribution in [0.2, 0.25) is 0 Å². The van der Waals surface area contributed by atoms with E-state index in [2.05, 4.69) is 22.8 Å². The van der Waals surface area contributed by atoms with Crippen LogP contribution >= 0.6 is 0 Å². The van der Waals surface area contributed by atoms with Gasteiger partial charge in [-0.3, -0.25) is 0 Å². The van der Waals surface area contributed by atoms with Gasteiger partial charge < -0.3 is 15.7 Å². The van der Waals surface area contributed by atoms with E-state index in [-0.39, 0.29) is 18.7 Å². The molecule has 1 fully saturated rings. The summed E-state index contributed by atoms with van der Waals surface area (Å²) < 4.78 is 0. The van der Waals surface area contributed by atoms with E-state index in [1.807, 2.05) is 18.2 Å². The van der Waals surface area contributed by atoms with Crippen molar-refractivity contribution >= 4 is 6.03 Å². The number of hydrogen-bond donors (Lipinski definition) is 3. The van der Waals surface area contributed by atoms with E-state index in [0.29, 0.717) is 18.4 Å². The maximum Gasteiger partial charge on any atom is 0.315 e. The topological polar surface area (TPSA) is 61.4 Å². The number of urea groups is 1. The maximum absolute atomic E-state index is 11.5. The minimum absolute atomic E-state index is 0.0382. The molecule has 18 heavy (non-hydrogen) atoms. The highest BCUT2D eigenvalue weighted by molar-refractivity contribution is 5.74. The number of aliphatic hydroxyl groups excluding tert-OH is 1. The molecule has 4 nitrogen and oxygen atoms in total. The Morgan fingerprint density at radius 2 is 2.17 bits per heavy atom. The summed E-state index contributed by atoms with van der Waals surface area (Å²) >= 11 is 0. The Morgan fingerprint density at radius 3 is 2.83 bits per heavy atom. The molecule has 0 spiro atoms. The fourth-order valence-electron chi connectivity index (χ4n) is 2.13. The van der Waals surface area contributed by atoms with Crippen LogP contribution in [0.3, 0.4) is 0 Å². The summed E-state index contributed by atoms with van der Waals surface area (Å²) in [5.41, 5.74) is 1.36. The highest BCUT2D eigenvalue weighted by atomic mass is 16.3. The number of amides is 2. The maximum atomic E-state index is 11.5. The second kappa shape index (κ2) is 5.87. The molecule has 3 N–H and O–H groups in total. The molecule has 98 valence electrons. The van der Waals surface area contributed by atoms with Crippen LogP contribution in [0, 0.1) is 5.92 Å². The van der Waals surface area contributed by atoms with Gasteiger partial charge in [0.25, 0.3) is 0 Å². The first-order chi connectivity index (χ1) is 8.70. The molecule has 1 aromatic rings. The van der Waals surface area contributed by atoms with Crippen molar-refractivity contribution in [3.8, 4) is 0 Å². The van der Waals surface area contributed by atoms with Gasteiger partial charge in [-0.1, -0.05) is 30.3 Å². The number of hydrogen-bond acceptors (Lipinski definition) is 2. The molecule has 0 saturated heterocycles. The van der Waals surface area contributed by atoms with Crippen molar-refractivity contribution < 1.29 is 9.90 Å². The third-order valence-corrected chi connectivity index (χ3v) is 3.33. The van der Waals surface area contributed by atoms with Crippen molar-refractivity contribution in [1.29, 1.82) is 0 Å². The molecule has 1 saturated carbocycles. The number of benzene rings is 1. The minimum Gasteiger partial charge on any atom is -0.394 e. The zero-order valence-corrected chi connectivity index (χ0v) is 10.6. The molecule has 3 unspecified atom stereocenters. The summed E-state index contributed by atoms with van der Waals surface area (Å²) in [5, 5.41) is 14.3. The van der Waals surface area contributed by atoms with Crippen LogP contribution < -0.4 is 10.6 Å². The fraction of sp³-hybridized carbons (Fsp3) is 0.500. The third-order valence-electron chi connectivity index (χ3n) is 3.33. The largest absolute Gasteiger partial charge is 0.394 e. The van der Waals surface area contributed by atoms with E-state index in [1.54, 1.807) is 6.92 Å².